The lowest BCUT2D eigenvalue weighted by Crippen LogP contribution is -2.35. The molecule has 0 saturated heterocycles. The highest BCUT2D eigenvalue weighted by Gasteiger charge is 2.26. The number of hydrogen-bond donors (Lipinski definition) is 1. The van der Waals surface area contributed by atoms with Crippen LogP contribution in [0.5, 0.6) is 0 Å². The van der Waals surface area contributed by atoms with Crippen LogP contribution in [-0.2, 0) is 17.9 Å². The molecule has 0 radical (unpaired) electrons. The van der Waals surface area contributed by atoms with Gasteiger partial charge in [-0.1, -0.05) is 48.0 Å². The van der Waals surface area contributed by atoms with E-state index in [4.69, 9.17) is 11.6 Å². The summed E-state index contributed by atoms with van der Waals surface area (Å²) in [6.45, 7) is 0.625. The molecule has 152 valence electrons. The van der Waals surface area contributed by atoms with E-state index in [0.717, 1.165) is 10.5 Å². The maximum absolute atomic E-state index is 13.4. The molecule has 1 heterocycles. The lowest BCUT2D eigenvalue weighted by atomic mass is 10.1. The molecular formula is C23H18ClFN2O2S. The average Bonchev–Trinajstić information content (AvgIpc) is 2.76. The molecule has 7 heteroatoms. The molecule has 3 aromatic rings. The zero-order valence-electron chi connectivity index (χ0n) is 15.9. The smallest absolute Gasteiger partial charge is 0.251 e. The fourth-order valence-corrected chi connectivity index (χ4v) is 4.36. The molecule has 30 heavy (non-hydrogen) atoms. The van der Waals surface area contributed by atoms with E-state index in [2.05, 4.69) is 5.32 Å². The first-order valence-electron chi connectivity index (χ1n) is 9.34. The Bertz CT molecular complexity index is 1110. The number of carbonyl (C=O) groups is 2. The summed E-state index contributed by atoms with van der Waals surface area (Å²) in [4.78, 5) is 27.8. The van der Waals surface area contributed by atoms with Gasteiger partial charge in [-0.15, -0.1) is 11.8 Å². The van der Waals surface area contributed by atoms with Crippen molar-refractivity contribution < 1.29 is 14.0 Å². The van der Waals surface area contributed by atoms with Crippen LogP contribution in [0.25, 0.3) is 0 Å². The number of nitrogens with zero attached hydrogens (tertiary/aromatic N) is 1. The first kappa shape index (κ1) is 20.4. The summed E-state index contributed by atoms with van der Waals surface area (Å²) < 4.78 is 13.4. The average molecular weight is 441 g/mol. The minimum atomic E-state index is -0.429. The summed E-state index contributed by atoms with van der Waals surface area (Å²) in [5, 5.41) is 3.16. The molecule has 0 unspecified atom stereocenters. The molecule has 0 fully saturated rings. The Kier molecular flexibility index (Phi) is 6.06. The Morgan fingerprint density at radius 3 is 2.67 bits per heavy atom. The van der Waals surface area contributed by atoms with Crippen molar-refractivity contribution in [2.45, 2.75) is 18.0 Å². The third-order valence-electron chi connectivity index (χ3n) is 4.80. The summed E-state index contributed by atoms with van der Waals surface area (Å²) in [7, 11) is 0. The molecule has 0 saturated carbocycles. The monoisotopic (exact) mass is 440 g/mol. The summed E-state index contributed by atoms with van der Waals surface area (Å²) >= 11 is 7.59. The number of thioether (sulfide) groups is 1. The first-order chi connectivity index (χ1) is 14.5. The van der Waals surface area contributed by atoms with E-state index in [9.17, 15) is 14.0 Å². The highest BCUT2D eigenvalue weighted by Crippen LogP contribution is 2.37. The molecular weight excluding hydrogens is 423 g/mol. The Morgan fingerprint density at radius 2 is 1.90 bits per heavy atom. The van der Waals surface area contributed by atoms with Crippen molar-refractivity contribution in [3.8, 4) is 0 Å². The van der Waals surface area contributed by atoms with E-state index in [-0.39, 0.29) is 23.4 Å². The second kappa shape index (κ2) is 8.90. The molecule has 4 nitrogen and oxygen atoms in total. The molecule has 0 spiro atoms. The van der Waals surface area contributed by atoms with Crippen molar-refractivity contribution in [3.05, 3.63) is 94.3 Å². The topological polar surface area (TPSA) is 49.4 Å². The molecule has 2 amide bonds. The highest BCUT2D eigenvalue weighted by molar-refractivity contribution is 8.00. The largest absolute Gasteiger partial charge is 0.348 e. The molecule has 0 aliphatic carbocycles. The standard InChI is InChI=1S/C23H18ClFN2O2S/c24-19-11-18(25)8-6-17(19)13-27-20-10-16(7-9-21(20)30-14-22(27)28)23(29)26-12-15-4-2-1-3-5-15/h1-11H,12-14H2,(H,26,29). The van der Waals surface area contributed by atoms with Crippen molar-refractivity contribution in [1.29, 1.82) is 0 Å². The van der Waals surface area contributed by atoms with Crippen LogP contribution in [0.1, 0.15) is 21.5 Å². The lowest BCUT2D eigenvalue weighted by Gasteiger charge is -2.29. The van der Waals surface area contributed by atoms with Crippen molar-refractivity contribution in [2.75, 3.05) is 10.7 Å². The van der Waals surface area contributed by atoms with E-state index in [1.807, 2.05) is 36.4 Å². The zero-order valence-corrected chi connectivity index (χ0v) is 17.5. The molecule has 1 aliphatic rings. The Balaban J connectivity index is 1.57. The van der Waals surface area contributed by atoms with E-state index in [0.29, 0.717) is 29.1 Å². The van der Waals surface area contributed by atoms with Gasteiger partial charge in [-0.05, 0) is 41.5 Å². The normalized spacial score (nSPS) is 13.1. The van der Waals surface area contributed by atoms with E-state index in [1.54, 1.807) is 23.1 Å². The summed E-state index contributed by atoms with van der Waals surface area (Å²) in [6.07, 6.45) is 0. The fourth-order valence-electron chi connectivity index (χ4n) is 3.22. The predicted molar refractivity (Wildman–Crippen MR) is 117 cm³/mol. The van der Waals surface area contributed by atoms with Gasteiger partial charge in [0.1, 0.15) is 5.82 Å². The maximum Gasteiger partial charge on any atom is 0.251 e. The summed E-state index contributed by atoms with van der Waals surface area (Å²) in [5.41, 5.74) is 2.77. The van der Waals surface area contributed by atoms with Gasteiger partial charge in [-0.3, -0.25) is 9.59 Å². The molecule has 1 aliphatic heterocycles. The minimum absolute atomic E-state index is 0.0882. The van der Waals surface area contributed by atoms with Crippen LogP contribution in [0.2, 0.25) is 5.02 Å². The van der Waals surface area contributed by atoms with Gasteiger partial charge in [-0.25, -0.2) is 4.39 Å². The second-order valence-corrected chi connectivity index (χ2v) is 8.28. The minimum Gasteiger partial charge on any atom is -0.348 e. The molecule has 1 N–H and O–H groups in total. The van der Waals surface area contributed by atoms with Gasteiger partial charge in [0, 0.05) is 22.0 Å². The number of halogens is 2. The van der Waals surface area contributed by atoms with Gasteiger partial charge in [0.05, 0.1) is 18.0 Å². The Morgan fingerprint density at radius 1 is 1.10 bits per heavy atom. The van der Waals surface area contributed by atoms with Gasteiger partial charge in [0.25, 0.3) is 5.91 Å². The van der Waals surface area contributed by atoms with Crippen LogP contribution in [0.4, 0.5) is 10.1 Å². The quantitative estimate of drug-likeness (QED) is 0.604. The molecule has 0 bridgehead atoms. The van der Waals surface area contributed by atoms with Crippen LogP contribution in [0, 0.1) is 5.82 Å². The Labute approximate surface area is 183 Å². The molecule has 3 aromatic carbocycles. The van der Waals surface area contributed by atoms with Crippen molar-refractivity contribution in [1.82, 2.24) is 5.32 Å². The summed E-state index contributed by atoms with van der Waals surface area (Å²) in [5.74, 6) is -0.438. The summed E-state index contributed by atoms with van der Waals surface area (Å²) in [6, 6.07) is 19.1. The van der Waals surface area contributed by atoms with Gasteiger partial charge < -0.3 is 10.2 Å². The van der Waals surface area contributed by atoms with Crippen LogP contribution in [0.15, 0.2) is 71.6 Å². The van der Waals surface area contributed by atoms with Crippen molar-refractivity contribution in [3.63, 3.8) is 0 Å². The van der Waals surface area contributed by atoms with Crippen LogP contribution < -0.4 is 10.2 Å². The van der Waals surface area contributed by atoms with E-state index >= 15 is 0 Å². The second-order valence-electron chi connectivity index (χ2n) is 6.86. The van der Waals surface area contributed by atoms with E-state index in [1.165, 1.54) is 23.9 Å². The Hall–Kier alpha value is -2.83. The van der Waals surface area contributed by atoms with Crippen LogP contribution in [0.3, 0.4) is 0 Å². The van der Waals surface area contributed by atoms with Crippen LogP contribution >= 0.6 is 23.4 Å². The maximum atomic E-state index is 13.4. The van der Waals surface area contributed by atoms with Gasteiger partial charge in [-0.2, -0.15) is 0 Å². The lowest BCUT2D eigenvalue weighted by molar-refractivity contribution is -0.116. The van der Waals surface area contributed by atoms with Gasteiger partial charge in [0.15, 0.2) is 0 Å². The number of benzene rings is 3. The fraction of sp³-hybridized carbons (Fsp3) is 0.130. The number of carbonyl (C=O) groups excluding carboxylic acids is 2. The third-order valence-corrected chi connectivity index (χ3v) is 6.20. The third kappa shape index (κ3) is 4.50. The number of fused-ring (bicyclic) bond motifs is 1. The molecule has 0 aromatic heterocycles. The van der Waals surface area contributed by atoms with E-state index < -0.39 is 5.82 Å². The number of hydrogen-bond acceptors (Lipinski definition) is 3. The van der Waals surface area contributed by atoms with Crippen LogP contribution in [-0.4, -0.2) is 17.6 Å². The van der Waals surface area contributed by atoms with Crippen molar-refractivity contribution >= 4 is 40.9 Å². The number of amides is 2. The van der Waals surface area contributed by atoms with Gasteiger partial charge in [0.2, 0.25) is 5.91 Å². The zero-order chi connectivity index (χ0) is 21.1. The molecule has 0 atom stereocenters. The highest BCUT2D eigenvalue weighted by atomic mass is 35.5. The van der Waals surface area contributed by atoms with Crippen molar-refractivity contribution in [2.24, 2.45) is 0 Å². The van der Waals surface area contributed by atoms with Gasteiger partial charge >= 0.3 is 0 Å². The number of rotatable bonds is 5. The predicted octanol–water partition coefficient (Wildman–Crippen LogP) is 5.05. The molecule has 4 rings (SSSR count). The SMILES string of the molecule is O=C(NCc1ccccc1)c1ccc2c(c1)N(Cc1ccc(F)cc1Cl)C(=O)CS2. The number of anilines is 1. The first-order valence-corrected chi connectivity index (χ1v) is 10.7. The number of nitrogens with one attached hydrogen (secondary N) is 1.